The highest BCUT2D eigenvalue weighted by molar-refractivity contribution is 5.77. The Hall–Kier alpha value is -3.41. The van der Waals surface area contributed by atoms with Crippen LogP contribution in [0.3, 0.4) is 0 Å². The number of carbonyl (C=O) groups is 1. The molecule has 0 aliphatic carbocycles. The number of aromatic nitrogens is 2. The highest BCUT2D eigenvalue weighted by atomic mass is 16.5. The number of hydrogen-bond donors (Lipinski definition) is 2. The van der Waals surface area contributed by atoms with Crippen molar-refractivity contribution < 1.29 is 9.53 Å². The predicted octanol–water partition coefficient (Wildman–Crippen LogP) is 4.15. The van der Waals surface area contributed by atoms with E-state index in [-0.39, 0.29) is 12.5 Å². The molecule has 29 heavy (non-hydrogen) atoms. The first-order chi connectivity index (χ1) is 13.9. The molecule has 0 radical (unpaired) electrons. The molecule has 0 spiro atoms. The highest BCUT2D eigenvalue weighted by Crippen LogP contribution is 2.19. The zero-order valence-electron chi connectivity index (χ0n) is 17.2. The van der Waals surface area contributed by atoms with Crippen LogP contribution in [0.2, 0.25) is 0 Å². The molecule has 150 valence electrons. The fourth-order valence-corrected chi connectivity index (χ4v) is 2.71. The van der Waals surface area contributed by atoms with E-state index in [1.54, 1.807) is 6.07 Å². The lowest BCUT2D eigenvalue weighted by Gasteiger charge is -2.11. The van der Waals surface area contributed by atoms with Crippen LogP contribution in [0, 0.1) is 27.7 Å². The maximum Gasteiger partial charge on any atom is 0.258 e. The number of anilines is 2. The van der Waals surface area contributed by atoms with Gasteiger partial charge >= 0.3 is 0 Å². The van der Waals surface area contributed by atoms with E-state index in [1.807, 2.05) is 56.3 Å². The Morgan fingerprint density at radius 3 is 2.41 bits per heavy atom. The third kappa shape index (κ3) is 6.04. The van der Waals surface area contributed by atoms with Crippen LogP contribution in [0.5, 0.6) is 5.88 Å². The van der Waals surface area contributed by atoms with Gasteiger partial charge in [0.1, 0.15) is 0 Å². The number of amides is 1. The van der Waals surface area contributed by atoms with Crippen molar-refractivity contribution in [2.75, 3.05) is 11.9 Å². The number of rotatable bonds is 7. The van der Waals surface area contributed by atoms with E-state index < -0.39 is 0 Å². The highest BCUT2D eigenvalue weighted by Gasteiger charge is 2.08. The van der Waals surface area contributed by atoms with Gasteiger partial charge in [-0.25, -0.2) is 4.98 Å². The topological polar surface area (TPSA) is 76.1 Å². The molecule has 0 fully saturated rings. The molecule has 0 aliphatic heterocycles. The lowest BCUT2D eigenvalue weighted by Crippen LogP contribution is -2.28. The molecule has 3 aromatic rings. The van der Waals surface area contributed by atoms with Crippen molar-refractivity contribution in [2.24, 2.45) is 0 Å². The van der Waals surface area contributed by atoms with Crippen LogP contribution in [-0.4, -0.2) is 22.5 Å². The van der Waals surface area contributed by atoms with Gasteiger partial charge in [0.25, 0.3) is 5.91 Å². The van der Waals surface area contributed by atoms with E-state index in [9.17, 15) is 4.79 Å². The summed E-state index contributed by atoms with van der Waals surface area (Å²) in [4.78, 5) is 20.8. The number of carbonyl (C=O) groups excluding carboxylic acids is 1. The zero-order chi connectivity index (χ0) is 20.8. The normalized spacial score (nSPS) is 10.5. The van der Waals surface area contributed by atoms with Gasteiger partial charge < -0.3 is 15.4 Å². The smallest absolute Gasteiger partial charge is 0.258 e. The second-order valence-corrected chi connectivity index (χ2v) is 7.15. The summed E-state index contributed by atoms with van der Waals surface area (Å²) in [6.45, 7) is 8.37. The summed E-state index contributed by atoms with van der Waals surface area (Å²) in [5.41, 5.74) is 6.29. The zero-order valence-corrected chi connectivity index (χ0v) is 17.2. The van der Waals surface area contributed by atoms with Gasteiger partial charge in [0.05, 0.1) is 0 Å². The van der Waals surface area contributed by atoms with Gasteiger partial charge in [0, 0.05) is 24.0 Å². The molecule has 3 rings (SSSR count). The molecule has 1 amide bonds. The fraction of sp³-hybridized carbons (Fsp3) is 0.261. The van der Waals surface area contributed by atoms with Crippen LogP contribution in [-0.2, 0) is 11.3 Å². The first-order valence-corrected chi connectivity index (χ1v) is 9.54. The first-order valence-electron chi connectivity index (χ1n) is 9.54. The number of benzene rings is 2. The monoisotopic (exact) mass is 390 g/mol. The second-order valence-electron chi connectivity index (χ2n) is 7.15. The quantitative estimate of drug-likeness (QED) is 0.634. The molecule has 0 atom stereocenters. The number of aryl methyl sites for hydroxylation is 4. The number of nitrogens with one attached hydrogen (secondary N) is 2. The molecule has 0 unspecified atom stereocenters. The predicted molar refractivity (Wildman–Crippen MR) is 114 cm³/mol. The number of hydrogen-bond acceptors (Lipinski definition) is 5. The average Bonchev–Trinajstić information content (AvgIpc) is 2.68. The van der Waals surface area contributed by atoms with Crippen molar-refractivity contribution in [3.63, 3.8) is 0 Å². The third-order valence-corrected chi connectivity index (χ3v) is 4.56. The van der Waals surface area contributed by atoms with Crippen molar-refractivity contribution in [3.05, 3.63) is 76.5 Å². The standard InChI is InChI=1S/C23H26N4O2/c1-15-5-8-19(9-6-15)13-24-21(28)14-29-22-12-18(4)25-23(27-22)26-20-10-7-16(2)17(3)11-20/h5-12H,13-14H2,1-4H3,(H,24,28)(H,25,26,27). The maximum atomic E-state index is 12.1. The van der Waals surface area contributed by atoms with Crippen LogP contribution >= 0.6 is 0 Å². The molecular weight excluding hydrogens is 364 g/mol. The van der Waals surface area contributed by atoms with Gasteiger partial charge in [-0.3, -0.25) is 4.79 Å². The summed E-state index contributed by atoms with van der Waals surface area (Å²) in [5, 5.41) is 6.04. The molecule has 0 saturated carbocycles. The SMILES string of the molecule is Cc1ccc(CNC(=O)COc2cc(C)nc(Nc3ccc(C)c(C)c3)n2)cc1. The van der Waals surface area contributed by atoms with E-state index in [2.05, 4.69) is 34.4 Å². The minimum Gasteiger partial charge on any atom is -0.467 e. The molecule has 0 saturated heterocycles. The summed E-state index contributed by atoms with van der Waals surface area (Å²) in [6, 6.07) is 15.8. The van der Waals surface area contributed by atoms with E-state index in [1.165, 1.54) is 16.7 Å². The Kier molecular flexibility index (Phi) is 6.44. The Morgan fingerprint density at radius 2 is 1.69 bits per heavy atom. The van der Waals surface area contributed by atoms with Crippen LogP contribution in [0.15, 0.2) is 48.5 Å². The van der Waals surface area contributed by atoms with Crippen LogP contribution in [0.4, 0.5) is 11.6 Å². The van der Waals surface area contributed by atoms with Gasteiger partial charge in [-0.15, -0.1) is 0 Å². The lowest BCUT2D eigenvalue weighted by atomic mass is 10.1. The van der Waals surface area contributed by atoms with Crippen molar-refractivity contribution in [3.8, 4) is 5.88 Å². The van der Waals surface area contributed by atoms with Gasteiger partial charge in [-0.2, -0.15) is 4.98 Å². The largest absolute Gasteiger partial charge is 0.467 e. The summed E-state index contributed by atoms with van der Waals surface area (Å²) >= 11 is 0. The molecular formula is C23H26N4O2. The Balaban J connectivity index is 1.57. The van der Waals surface area contributed by atoms with Gasteiger partial charge in [0.2, 0.25) is 11.8 Å². The van der Waals surface area contributed by atoms with Crippen molar-refractivity contribution >= 4 is 17.5 Å². The molecule has 2 N–H and O–H groups in total. The van der Waals surface area contributed by atoms with Crippen molar-refractivity contribution in [1.29, 1.82) is 0 Å². The van der Waals surface area contributed by atoms with Gasteiger partial charge in [0.15, 0.2) is 6.61 Å². The average molecular weight is 390 g/mol. The minimum atomic E-state index is -0.203. The molecule has 0 aliphatic rings. The Morgan fingerprint density at radius 1 is 0.931 bits per heavy atom. The van der Waals surface area contributed by atoms with Gasteiger partial charge in [-0.05, 0) is 56.5 Å². The van der Waals surface area contributed by atoms with E-state index >= 15 is 0 Å². The maximum absolute atomic E-state index is 12.1. The third-order valence-electron chi connectivity index (χ3n) is 4.56. The Bertz CT molecular complexity index is 1000. The molecule has 2 aromatic carbocycles. The molecule has 6 nitrogen and oxygen atoms in total. The molecule has 1 aromatic heterocycles. The lowest BCUT2D eigenvalue weighted by molar-refractivity contribution is -0.123. The fourth-order valence-electron chi connectivity index (χ4n) is 2.71. The van der Waals surface area contributed by atoms with Gasteiger partial charge in [-0.1, -0.05) is 35.9 Å². The van der Waals surface area contributed by atoms with E-state index in [0.29, 0.717) is 18.4 Å². The summed E-state index contributed by atoms with van der Waals surface area (Å²) in [6.07, 6.45) is 0. The van der Waals surface area contributed by atoms with Crippen molar-refractivity contribution in [1.82, 2.24) is 15.3 Å². The summed E-state index contributed by atoms with van der Waals surface area (Å²) < 4.78 is 5.57. The number of ether oxygens (including phenoxy) is 1. The Labute approximate surface area is 171 Å². The minimum absolute atomic E-state index is 0.106. The van der Waals surface area contributed by atoms with Crippen LogP contribution in [0.25, 0.3) is 0 Å². The van der Waals surface area contributed by atoms with Crippen LogP contribution in [0.1, 0.15) is 27.9 Å². The second kappa shape index (κ2) is 9.19. The molecule has 0 bridgehead atoms. The van der Waals surface area contributed by atoms with Crippen molar-refractivity contribution in [2.45, 2.75) is 34.2 Å². The summed E-state index contributed by atoms with van der Waals surface area (Å²) in [7, 11) is 0. The number of nitrogens with zero attached hydrogens (tertiary/aromatic N) is 2. The van der Waals surface area contributed by atoms with E-state index in [4.69, 9.17) is 4.74 Å². The van der Waals surface area contributed by atoms with E-state index in [0.717, 1.165) is 16.9 Å². The first kappa shape index (κ1) is 20.3. The molecule has 1 heterocycles. The van der Waals surface area contributed by atoms with Crippen LogP contribution < -0.4 is 15.4 Å². The summed E-state index contributed by atoms with van der Waals surface area (Å²) in [5.74, 6) is 0.586. The molecule has 6 heteroatoms.